The van der Waals surface area contributed by atoms with Crippen LogP contribution in [0.1, 0.15) is 32.6 Å². The summed E-state index contributed by atoms with van der Waals surface area (Å²) in [6, 6.07) is 0.410. The van der Waals surface area contributed by atoms with Crippen molar-refractivity contribution in [3.8, 4) is 0 Å². The lowest BCUT2D eigenvalue weighted by Crippen LogP contribution is -2.57. The van der Waals surface area contributed by atoms with Gasteiger partial charge in [0.05, 0.1) is 0 Å². The van der Waals surface area contributed by atoms with Gasteiger partial charge in [0.1, 0.15) is 5.54 Å². The summed E-state index contributed by atoms with van der Waals surface area (Å²) in [6.07, 6.45) is 4.83. The molecule has 2 aliphatic rings. The third-order valence-electron chi connectivity index (χ3n) is 4.15. The van der Waals surface area contributed by atoms with Crippen molar-refractivity contribution < 1.29 is 9.90 Å². The molecular weight excluding hydrogens is 242 g/mol. The first-order valence-corrected chi connectivity index (χ1v) is 7.41. The quantitative estimate of drug-likeness (QED) is 0.676. The minimum absolute atomic E-state index is 0.410. The van der Waals surface area contributed by atoms with E-state index in [9.17, 15) is 9.90 Å². The van der Waals surface area contributed by atoms with Gasteiger partial charge in [0.2, 0.25) is 0 Å². The normalized spacial score (nSPS) is 23.7. The van der Waals surface area contributed by atoms with E-state index in [0.717, 1.165) is 25.9 Å². The van der Waals surface area contributed by atoms with Gasteiger partial charge in [-0.3, -0.25) is 10.1 Å². The molecule has 1 aliphatic heterocycles. The van der Waals surface area contributed by atoms with E-state index >= 15 is 0 Å². The molecule has 19 heavy (non-hydrogen) atoms. The molecule has 1 unspecified atom stereocenters. The van der Waals surface area contributed by atoms with Crippen LogP contribution in [0.15, 0.2) is 0 Å². The van der Waals surface area contributed by atoms with Gasteiger partial charge >= 0.3 is 5.97 Å². The minimum Gasteiger partial charge on any atom is -0.480 e. The number of likely N-dealkylation sites (N-methyl/N-ethyl adjacent to an activating group) is 1. The zero-order valence-electron chi connectivity index (χ0n) is 12.2. The van der Waals surface area contributed by atoms with Crippen molar-refractivity contribution in [3.63, 3.8) is 0 Å². The Labute approximate surface area is 115 Å². The summed E-state index contributed by atoms with van der Waals surface area (Å²) < 4.78 is 0. The van der Waals surface area contributed by atoms with Crippen molar-refractivity contribution >= 4 is 5.97 Å². The smallest absolute Gasteiger partial charge is 0.324 e. The van der Waals surface area contributed by atoms with E-state index in [0.29, 0.717) is 12.6 Å². The van der Waals surface area contributed by atoms with Crippen molar-refractivity contribution in [2.75, 3.05) is 39.8 Å². The van der Waals surface area contributed by atoms with E-state index in [1.165, 1.54) is 25.9 Å². The van der Waals surface area contributed by atoms with Crippen LogP contribution < -0.4 is 5.32 Å². The van der Waals surface area contributed by atoms with Crippen LogP contribution in [-0.2, 0) is 4.79 Å². The van der Waals surface area contributed by atoms with Gasteiger partial charge in [-0.05, 0) is 52.7 Å². The van der Waals surface area contributed by atoms with Gasteiger partial charge in [-0.1, -0.05) is 0 Å². The number of carboxylic acids is 1. The fourth-order valence-electron chi connectivity index (χ4n) is 2.79. The summed E-state index contributed by atoms with van der Waals surface area (Å²) in [6.45, 7) is 6.76. The Balaban J connectivity index is 1.76. The fourth-order valence-corrected chi connectivity index (χ4v) is 2.79. The van der Waals surface area contributed by atoms with Crippen molar-refractivity contribution in [1.82, 2.24) is 15.1 Å². The summed E-state index contributed by atoms with van der Waals surface area (Å²) in [5, 5.41) is 12.7. The molecule has 5 heteroatoms. The molecule has 1 aliphatic carbocycles. The van der Waals surface area contributed by atoms with Crippen LogP contribution in [0.5, 0.6) is 0 Å². The molecule has 0 aromatic rings. The van der Waals surface area contributed by atoms with Gasteiger partial charge < -0.3 is 14.9 Å². The average molecular weight is 269 g/mol. The highest BCUT2D eigenvalue weighted by Crippen LogP contribution is 2.23. The Morgan fingerprint density at radius 1 is 1.42 bits per heavy atom. The Morgan fingerprint density at radius 3 is 2.58 bits per heavy atom. The SMILES string of the molecule is CN(CCN1CCCC1)CC(C)(NC1CC1)C(=O)O. The zero-order chi connectivity index (χ0) is 13.9. The van der Waals surface area contributed by atoms with Gasteiger partial charge in [-0.25, -0.2) is 0 Å². The summed E-state index contributed by atoms with van der Waals surface area (Å²) >= 11 is 0. The van der Waals surface area contributed by atoms with E-state index in [1.54, 1.807) is 6.92 Å². The van der Waals surface area contributed by atoms with E-state index in [1.807, 2.05) is 7.05 Å². The standard InChI is InChI=1S/C14H27N3O2/c1-14(13(18)19,15-12-5-6-12)11-16(2)9-10-17-7-3-4-8-17/h12,15H,3-11H2,1-2H3,(H,18,19). The molecule has 1 saturated heterocycles. The topological polar surface area (TPSA) is 55.8 Å². The van der Waals surface area contributed by atoms with Crippen molar-refractivity contribution in [2.45, 2.75) is 44.2 Å². The molecule has 0 bridgehead atoms. The number of likely N-dealkylation sites (tertiary alicyclic amines) is 1. The highest BCUT2D eigenvalue weighted by Gasteiger charge is 2.39. The number of rotatable bonds is 8. The third kappa shape index (κ3) is 4.44. The molecule has 1 atom stereocenters. The van der Waals surface area contributed by atoms with Gasteiger partial charge in [-0.15, -0.1) is 0 Å². The van der Waals surface area contributed by atoms with Crippen LogP contribution in [0.4, 0.5) is 0 Å². The van der Waals surface area contributed by atoms with Crippen LogP contribution in [0, 0.1) is 0 Å². The predicted octanol–water partition coefficient (Wildman–Crippen LogP) is 0.609. The first-order chi connectivity index (χ1) is 8.99. The van der Waals surface area contributed by atoms with E-state index in [2.05, 4.69) is 15.1 Å². The first-order valence-electron chi connectivity index (χ1n) is 7.41. The second kappa shape index (κ2) is 6.20. The van der Waals surface area contributed by atoms with E-state index < -0.39 is 11.5 Å². The lowest BCUT2D eigenvalue weighted by atomic mass is 10.0. The van der Waals surface area contributed by atoms with Gasteiger partial charge in [0, 0.05) is 25.7 Å². The molecule has 110 valence electrons. The van der Waals surface area contributed by atoms with Crippen molar-refractivity contribution in [2.24, 2.45) is 0 Å². The first kappa shape index (κ1) is 14.8. The summed E-state index contributed by atoms with van der Waals surface area (Å²) in [4.78, 5) is 16.1. The number of hydrogen-bond donors (Lipinski definition) is 2. The largest absolute Gasteiger partial charge is 0.480 e. The Bertz CT molecular complexity index is 314. The molecule has 0 aromatic heterocycles. The molecule has 1 saturated carbocycles. The molecule has 0 radical (unpaired) electrons. The molecular formula is C14H27N3O2. The lowest BCUT2D eigenvalue weighted by Gasteiger charge is -2.32. The van der Waals surface area contributed by atoms with Gasteiger partial charge in [-0.2, -0.15) is 0 Å². The fraction of sp³-hybridized carbons (Fsp3) is 0.929. The maximum absolute atomic E-state index is 11.5. The predicted molar refractivity (Wildman–Crippen MR) is 75.4 cm³/mol. The lowest BCUT2D eigenvalue weighted by molar-refractivity contribution is -0.145. The number of aliphatic carboxylic acids is 1. The molecule has 5 nitrogen and oxygen atoms in total. The third-order valence-corrected chi connectivity index (χ3v) is 4.15. The molecule has 0 amide bonds. The van der Waals surface area contributed by atoms with Crippen LogP contribution in [0.25, 0.3) is 0 Å². The number of nitrogens with zero attached hydrogens (tertiary/aromatic N) is 2. The van der Waals surface area contributed by atoms with Gasteiger partial charge in [0.25, 0.3) is 0 Å². The summed E-state index contributed by atoms with van der Waals surface area (Å²) in [5.41, 5.74) is -0.819. The molecule has 2 fully saturated rings. The summed E-state index contributed by atoms with van der Waals surface area (Å²) in [5.74, 6) is -0.743. The second-order valence-corrected chi connectivity index (χ2v) is 6.34. The maximum Gasteiger partial charge on any atom is 0.324 e. The number of carboxylic acid groups (broad SMARTS) is 1. The van der Waals surface area contributed by atoms with E-state index in [-0.39, 0.29) is 0 Å². The van der Waals surface area contributed by atoms with Crippen LogP contribution in [0.2, 0.25) is 0 Å². The Morgan fingerprint density at radius 2 is 2.05 bits per heavy atom. The van der Waals surface area contributed by atoms with Crippen molar-refractivity contribution in [3.05, 3.63) is 0 Å². The highest BCUT2D eigenvalue weighted by molar-refractivity contribution is 5.78. The minimum atomic E-state index is -0.819. The highest BCUT2D eigenvalue weighted by atomic mass is 16.4. The Hall–Kier alpha value is -0.650. The number of hydrogen-bond acceptors (Lipinski definition) is 4. The van der Waals surface area contributed by atoms with Gasteiger partial charge in [0.15, 0.2) is 0 Å². The molecule has 2 rings (SSSR count). The zero-order valence-corrected chi connectivity index (χ0v) is 12.2. The molecule has 1 heterocycles. The number of carbonyl (C=O) groups is 1. The summed E-state index contributed by atoms with van der Waals surface area (Å²) in [7, 11) is 2.02. The monoisotopic (exact) mass is 269 g/mol. The molecule has 2 N–H and O–H groups in total. The van der Waals surface area contributed by atoms with Crippen molar-refractivity contribution in [1.29, 1.82) is 0 Å². The van der Waals surface area contributed by atoms with Crippen LogP contribution in [0.3, 0.4) is 0 Å². The number of nitrogens with one attached hydrogen (secondary N) is 1. The van der Waals surface area contributed by atoms with Crippen LogP contribution in [-0.4, -0.2) is 72.2 Å². The molecule has 0 aromatic carbocycles. The van der Waals surface area contributed by atoms with E-state index in [4.69, 9.17) is 0 Å². The molecule has 0 spiro atoms. The van der Waals surface area contributed by atoms with Crippen LogP contribution >= 0.6 is 0 Å². The Kier molecular flexibility index (Phi) is 4.81. The average Bonchev–Trinajstić information content (AvgIpc) is 2.99. The second-order valence-electron chi connectivity index (χ2n) is 6.34. The maximum atomic E-state index is 11.5.